The number of imidazole rings is 1. The monoisotopic (exact) mass is 270 g/mol. The van der Waals surface area contributed by atoms with E-state index in [0.717, 1.165) is 33.0 Å². The van der Waals surface area contributed by atoms with Crippen LogP contribution in [0.3, 0.4) is 0 Å². The zero-order valence-electron chi connectivity index (χ0n) is 11.2. The molecule has 0 unspecified atom stereocenters. The maximum atomic E-state index is 6.18. The van der Waals surface area contributed by atoms with E-state index in [0.29, 0.717) is 0 Å². The number of aromatic amines is 1. The average Bonchev–Trinajstić information content (AvgIpc) is 2.76. The molecule has 0 bridgehead atoms. The maximum Gasteiger partial charge on any atom is 0.138 e. The van der Waals surface area contributed by atoms with Crippen LogP contribution in [0.1, 0.15) is 16.7 Å². The highest BCUT2D eigenvalue weighted by molar-refractivity contribution is 6.31. The van der Waals surface area contributed by atoms with E-state index in [1.807, 2.05) is 25.1 Å². The van der Waals surface area contributed by atoms with Gasteiger partial charge in [0.2, 0.25) is 0 Å². The fourth-order valence-corrected chi connectivity index (χ4v) is 2.64. The van der Waals surface area contributed by atoms with Gasteiger partial charge in [-0.05, 0) is 49.6 Å². The zero-order valence-corrected chi connectivity index (χ0v) is 12.0. The molecule has 3 heteroatoms. The third-order valence-electron chi connectivity index (χ3n) is 3.44. The van der Waals surface area contributed by atoms with Crippen LogP contribution in [-0.4, -0.2) is 9.97 Å². The van der Waals surface area contributed by atoms with E-state index in [4.69, 9.17) is 16.6 Å². The lowest BCUT2D eigenvalue weighted by Crippen LogP contribution is -1.86. The molecular weight excluding hydrogens is 256 g/mol. The number of nitrogens with zero attached hydrogens (tertiary/aromatic N) is 1. The molecule has 0 saturated heterocycles. The molecule has 3 aromatic rings. The largest absolute Gasteiger partial charge is 0.338 e. The number of aromatic nitrogens is 2. The van der Waals surface area contributed by atoms with Crippen LogP contribution >= 0.6 is 11.6 Å². The highest BCUT2D eigenvalue weighted by Gasteiger charge is 2.11. The standard InChI is InChI=1S/C16H15ClN2/c1-9-7-10(2)15-14(8-9)18-16(19-15)12-5-4-6-13(17)11(12)3/h4-8H,1-3H3,(H,18,19). The lowest BCUT2D eigenvalue weighted by atomic mass is 10.1. The highest BCUT2D eigenvalue weighted by Crippen LogP contribution is 2.29. The Hall–Kier alpha value is -1.80. The molecule has 1 aromatic heterocycles. The fraction of sp³-hybridized carbons (Fsp3) is 0.188. The second-order valence-corrected chi connectivity index (χ2v) is 5.38. The number of hydrogen-bond donors (Lipinski definition) is 1. The van der Waals surface area contributed by atoms with Crippen molar-refractivity contribution in [3.05, 3.63) is 52.0 Å². The minimum absolute atomic E-state index is 0.769. The van der Waals surface area contributed by atoms with Crippen LogP contribution in [0, 0.1) is 20.8 Å². The number of fused-ring (bicyclic) bond motifs is 1. The van der Waals surface area contributed by atoms with E-state index in [2.05, 4.69) is 31.0 Å². The van der Waals surface area contributed by atoms with Gasteiger partial charge in [0, 0.05) is 10.6 Å². The Morgan fingerprint density at radius 3 is 2.68 bits per heavy atom. The highest BCUT2D eigenvalue weighted by atomic mass is 35.5. The summed E-state index contributed by atoms with van der Waals surface area (Å²) < 4.78 is 0. The average molecular weight is 271 g/mol. The van der Waals surface area contributed by atoms with E-state index < -0.39 is 0 Å². The Labute approximate surface area is 117 Å². The van der Waals surface area contributed by atoms with Crippen molar-refractivity contribution < 1.29 is 0 Å². The Morgan fingerprint density at radius 1 is 1.11 bits per heavy atom. The molecule has 0 atom stereocenters. The van der Waals surface area contributed by atoms with Crippen LogP contribution in [0.25, 0.3) is 22.4 Å². The van der Waals surface area contributed by atoms with Gasteiger partial charge in [-0.2, -0.15) is 0 Å². The van der Waals surface area contributed by atoms with Crippen LogP contribution < -0.4 is 0 Å². The Morgan fingerprint density at radius 2 is 1.89 bits per heavy atom. The van der Waals surface area contributed by atoms with E-state index in [9.17, 15) is 0 Å². The van der Waals surface area contributed by atoms with Gasteiger partial charge in [-0.25, -0.2) is 4.98 Å². The lowest BCUT2D eigenvalue weighted by molar-refractivity contribution is 1.30. The predicted molar refractivity (Wildman–Crippen MR) is 80.8 cm³/mol. The molecular formula is C16H15ClN2. The first-order valence-corrected chi connectivity index (χ1v) is 6.66. The van der Waals surface area contributed by atoms with Gasteiger partial charge in [0.25, 0.3) is 0 Å². The first-order valence-electron chi connectivity index (χ1n) is 6.28. The summed E-state index contributed by atoms with van der Waals surface area (Å²) in [6.07, 6.45) is 0. The zero-order chi connectivity index (χ0) is 13.6. The molecule has 0 aliphatic rings. The Bertz CT molecular complexity index is 772. The first kappa shape index (κ1) is 12.2. The number of hydrogen-bond acceptors (Lipinski definition) is 1. The van der Waals surface area contributed by atoms with Crippen LogP contribution in [0.2, 0.25) is 5.02 Å². The summed E-state index contributed by atoms with van der Waals surface area (Å²) in [4.78, 5) is 8.10. The van der Waals surface area contributed by atoms with E-state index in [1.165, 1.54) is 11.1 Å². The molecule has 3 rings (SSSR count). The second-order valence-electron chi connectivity index (χ2n) is 4.98. The summed E-state index contributed by atoms with van der Waals surface area (Å²) in [5.74, 6) is 0.878. The third kappa shape index (κ3) is 2.02. The minimum atomic E-state index is 0.769. The normalized spacial score (nSPS) is 11.2. The van der Waals surface area contributed by atoms with E-state index >= 15 is 0 Å². The van der Waals surface area contributed by atoms with Crippen LogP contribution in [-0.2, 0) is 0 Å². The smallest absolute Gasteiger partial charge is 0.138 e. The second kappa shape index (κ2) is 4.39. The summed E-state index contributed by atoms with van der Waals surface area (Å²) in [6.45, 7) is 6.20. The number of nitrogens with one attached hydrogen (secondary N) is 1. The van der Waals surface area contributed by atoms with E-state index in [1.54, 1.807) is 0 Å². The van der Waals surface area contributed by atoms with Crippen molar-refractivity contribution in [2.75, 3.05) is 0 Å². The molecule has 0 aliphatic carbocycles. The van der Waals surface area contributed by atoms with Crippen molar-refractivity contribution in [1.82, 2.24) is 9.97 Å². The first-order chi connectivity index (χ1) is 9.06. The van der Waals surface area contributed by atoms with Gasteiger partial charge in [0.05, 0.1) is 11.0 Å². The number of aryl methyl sites for hydroxylation is 2. The number of H-pyrrole nitrogens is 1. The third-order valence-corrected chi connectivity index (χ3v) is 3.85. The minimum Gasteiger partial charge on any atom is -0.338 e. The van der Waals surface area contributed by atoms with Gasteiger partial charge in [-0.1, -0.05) is 29.8 Å². The Balaban J connectivity index is 2.26. The molecule has 2 nitrogen and oxygen atoms in total. The van der Waals surface area contributed by atoms with Crippen molar-refractivity contribution in [2.24, 2.45) is 0 Å². The van der Waals surface area contributed by atoms with Gasteiger partial charge >= 0.3 is 0 Å². The van der Waals surface area contributed by atoms with Gasteiger partial charge in [0.15, 0.2) is 0 Å². The molecule has 1 N–H and O–H groups in total. The molecule has 96 valence electrons. The number of benzene rings is 2. The fourth-order valence-electron chi connectivity index (χ4n) is 2.46. The van der Waals surface area contributed by atoms with Crippen molar-refractivity contribution in [2.45, 2.75) is 20.8 Å². The SMILES string of the molecule is Cc1cc(C)c2nc(-c3cccc(Cl)c3C)[nH]c2c1. The summed E-state index contributed by atoms with van der Waals surface area (Å²) >= 11 is 6.18. The predicted octanol–water partition coefficient (Wildman–Crippen LogP) is 4.81. The van der Waals surface area contributed by atoms with Crippen molar-refractivity contribution in [3.63, 3.8) is 0 Å². The summed E-state index contributed by atoms with van der Waals surface area (Å²) in [5.41, 5.74) is 6.64. The van der Waals surface area contributed by atoms with Gasteiger partial charge in [0.1, 0.15) is 5.82 Å². The van der Waals surface area contributed by atoms with Crippen LogP contribution in [0.5, 0.6) is 0 Å². The molecule has 1 heterocycles. The summed E-state index contributed by atoms with van der Waals surface area (Å²) in [7, 11) is 0. The Kier molecular flexibility index (Phi) is 2.83. The van der Waals surface area contributed by atoms with Gasteiger partial charge in [-0.3, -0.25) is 0 Å². The van der Waals surface area contributed by atoms with Crippen LogP contribution in [0.4, 0.5) is 0 Å². The molecule has 0 radical (unpaired) electrons. The number of rotatable bonds is 1. The molecule has 19 heavy (non-hydrogen) atoms. The molecule has 0 amide bonds. The van der Waals surface area contributed by atoms with Crippen molar-refractivity contribution >= 4 is 22.6 Å². The maximum absolute atomic E-state index is 6.18. The van der Waals surface area contributed by atoms with Gasteiger partial charge < -0.3 is 4.98 Å². The molecule has 0 fully saturated rings. The topological polar surface area (TPSA) is 28.7 Å². The van der Waals surface area contributed by atoms with Crippen molar-refractivity contribution in [3.8, 4) is 11.4 Å². The summed E-state index contributed by atoms with van der Waals surface area (Å²) in [5, 5.41) is 0.769. The number of halogens is 1. The molecule has 0 saturated carbocycles. The van der Waals surface area contributed by atoms with E-state index in [-0.39, 0.29) is 0 Å². The molecule has 0 aliphatic heterocycles. The molecule has 2 aromatic carbocycles. The van der Waals surface area contributed by atoms with Crippen LogP contribution in [0.15, 0.2) is 30.3 Å². The summed E-state index contributed by atoms with van der Waals surface area (Å²) in [6, 6.07) is 10.2. The van der Waals surface area contributed by atoms with Gasteiger partial charge in [-0.15, -0.1) is 0 Å². The quantitative estimate of drug-likeness (QED) is 0.675. The lowest BCUT2D eigenvalue weighted by Gasteiger charge is -2.03. The molecule has 0 spiro atoms. The van der Waals surface area contributed by atoms with Crippen molar-refractivity contribution in [1.29, 1.82) is 0 Å².